The maximum absolute atomic E-state index is 12.6. The lowest BCUT2D eigenvalue weighted by atomic mass is 9.97. The maximum Gasteiger partial charge on any atom is 0.311 e. The topological polar surface area (TPSA) is 89.9 Å². The second kappa shape index (κ2) is 6.10. The molecule has 0 bridgehead atoms. The number of likely N-dealkylation sites (tertiary alicyclic amines) is 1. The molecule has 0 radical (unpaired) electrons. The van der Waals surface area contributed by atoms with Crippen LogP contribution in [0.2, 0.25) is 0 Å². The summed E-state index contributed by atoms with van der Waals surface area (Å²) >= 11 is 0. The van der Waals surface area contributed by atoms with Crippen LogP contribution in [0.25, 0.3) is 0 Å². The number of nitrogens with zero attached hydrogens (tertiary/aromatic N) is 6. The van der Waals surface area contributed by atoms with Crippen LogP contribution < -0.4 is 0 Å². The average Bonchev–Trinajstić information content (AvgIpc) is 3.14. The van der Waals surface area contributed by atoms with E-state index in [1.54, 1.807) is 11.1 Å². The zero-order chi connectivity index (χ0) is 16.4. The summed E-state index contributed by atoms with van der Waals surface area (Å²) in [7, 11) is 0. The van der Waals surface area contributed by atoms with Crippen LogP contribution in [0.3, 0.4) is 0 Å². The van der Waals surface area contributed by atoms with Crippen molar-refractivity contribution < 1.29 is 9.21 Å². The number of rotatable bonds is 2. The van der Waals surface area contributed by atoms with Crippen LogP contribution in [0, 0.1) is 0 Å². The van der Waals surface area contributed by atoms with E-state index in [1.807, 2.05) is 31.6 Å². The van der Waals surface area contributed by atoms with Gasteiger partial charge in [0.2, 0.25) is 5.89 Å². The summed E-state index contributed by atoms with van der Waals surface area (Å²) in [5, 5.41) is 15.8. The molecule has 1 atom stereocenters. The van der Waals surface area contributed by atoms with Crippen molar-refractivity contribution >= 4 is 5.91 Å². The predicted molar refractivity (Wildman–Crippen MR) is 81.8 cm³/mol. The van der Waals surface area contributed by atoms with Gasteiger partial charge in [0.05, 0.1) is 12.2 Å². The molecule has 2 aromatic heterocycles. The van der Waals surface area contributed by atoms with Gasteiger partial charge in [-0.05, 0) is 19.3 Å². The van der Waals surface area contributed by atoms with Gasteiger partial charge in [0.25, 0.3) is 0 Å². The quantitative estimate of drug-likeness (QED) is 0.839. The second-order valence-electron chi connectivity index (χ2n) is 6.92. The molecule has 1 aliphatic rings. The summed E-state index contributed by atoms with van der Waals surface area (Å²) < 4.78 is 7.44. The number of hydrogen-bond donors (Lipinski definition) is 0. The summed E-state index contributed by atoms with van der Waals surface area (Å²) in [5.74, 6) is 0.373. The Morgan fingerprint density at radius 1 is 1.26 bits per heavy atom. The molecule has 23 heavy (non-hydrogen) atoms. The Labute approximate surface area is 134 Å². The minimum atomic E-state index is -0.261. The molecule has 8 heteroatoms. The van der Waals surface area contributed by atoms with E-state index >= 15 is 0 Å². The average molecular weight is 318 g/mol. The molecule has 0 N–H and O–H groups in total. The van der Waals surface area contributed by atoms with Crippen LogP contribution in [0.4, 0.5) is 0 Å². The molecule has 1 aliphatic heterocycles. The summed E-state index contributed by atoms with van der Waals surface area (Å²) in [4.78, 5) is 14.4. The van der Waals surface area contributed by atoms with E-state index in [0.29, 0.717) is 19.0 Å². The Balaban J connectivity index is 1.67. The molecular formula is C15H22N6O2. The third-order valence-corrected chi connectivity index (χ3v) is 4.05. The lowest BCUT2D eigenvalue weighted by Gasteiger charge is -2.18. The monoisotopic (exact) mass is 318 g/mol. The van der Waals surface area contributed by atoms with Crippen LogP contribution in [0.5, 0.6) is 0 Å². The molecule has 0 aromatic carbocycles. The number of aromatic nitrogens is 5. The van der Waals surface area contributed by atoms with E-state index < -0.39 is 0 Å². The normalized spacial score (nSPS) is 19.6. The van der Waals surface area contributed by atoms with Crippen LogP contribution in [0.1, 0.15) is 62.7 Å². The van der Waals surface area contributed by atoms with E-state index in [1.165, 1.54) is 0 Å². The molecule has 2 aromatic rings. The van der Waals surface area contributed by atoms with E-state index in [-0.39, 0.29) is 23.3 Å². The lowest BCUT2D eigenvalue weighted by molar-refractivity contribution is 0.0716. The molecule has 1 amide bonds. The number of amides is 1. The molecule has 0 saturated carbocycles. The molecule has 8 nitrogen and oxygen atoms in total. The first-order valence-corrected chi connectivity index (χ1v) is 7.94. The van der Waals surface area contributed by atoms with E-state index in [4.69, 9.17) is 4.42 Å². The van der Waals surface area contributed by atoms with Crippen molar-refractivity contribution in [2.24, 2.45) is 0 Å². The zero-order valence-corrected chi connectivity index (χ0v) is 13.8. The SMILES string of the molecule is CC(C)(C)c1nnc(C(=O)N2CCCC(n3ccnn3)CC2)o1. The summed E-state index contributed by atoms with van der Waals surface area (Å²) in [6, 6.07) is 0.281. The predicted octanol–water partition coefficient (Wildman–Crippen LogP) is 1.83. The van der Waals surface area contributed by atoms with Crippen molar-refractivity contribution in [2.75, 3.05) is 13.1 Å². The van der Waals surface area contributed by atoms with Gasteiger partial charge < -0.3 is 9.32 Å². The largest absolute Gasteiger partial charge is 0.416 e. The maximum atomic E-state index is 12.6. The molecule has 124 valence electrons. The summed E-state index contributed by atoms with van der Waals surface area (Å²) in [5.41, 5.74) is -0.261. The Hall–Kier alpha value is -2.25. The molecule has 0 aliphatic carbocycles. The van der Waals surface area contributed by atoms with E-state index in [0.717, 1.165) is 19.3 Å². The van der Waals surface area contributed by atoms with Gasteiger partial charge in [-0.15, -0.1) is 15.3 Å². The van der Waals surface area contributed by atoms with Gasteiger partial charge in [-0.3, -0.25) is 4.79 Å². The third kappa shape index (κ3) is 3.40. The highest BCUT2D eigenvalue weighted by molar-refractivity contribution is 5.89. The Morgan fingerprint density at radius 3 is 2.74 bits per heavy atom. The van der Waals surface area contributed by atoms with Crippen molar-refractivity contribution in [3.8, 4) is 0 Å². The van der Waals surface area contributed by atoms with Crippen LogP contribution in [-0.2, 0) is 5.41 Å². The Morgan fingerprint density at radius 2 is 2.09 bits per heavy atom. The standard InChI is InChI=1S/C15H22N6O2/c1-15(2,3)14-18-17-12(23-14)13(22)20-8-4-5-11(6-9-20)21-10-7-16-19-21/h7,10-11H,4-6,8-9H2,1-3H3. The highest BCUT2D eigenvalue weighted by Crippen LogP contribution is 2.24. The number of carbonyl (C=O) groups is 1. The van der Waals surface area contributed by atoms with Crippen molar-refractivity contribution in [2.45, 2.75) is 51.5 Å². The lowest BCUT2D eigenvalue weighted by Crippen LogP contribution is -2.32. The number of hydrogen-bond acceptors (Lipinski definition) is 6. The molecule has 0 spiro atoms. The molecule has 3 rings (SSSR count). The molecule has 1 unspecified atom stereocenters. The summed E-state index contributed by atoms with van der Waals surface area (Å²) in [6.45, 7) is 7.27. The molecular weight excluding hydrogens is 296 g/mol. The highest BCUT2D eigenvalue weighted by atomic mass is 16.4. The molecule has 1 fully saturated rings. The zero-order valence-electron chi connectivity index (χ0n) is 13.8. The fourth-order valence-electron chi connectivity index (χ4n) is 2.71. The first kappa shape index (κ1) is 15.6. The number of carbonyl (C=O) groups excluding carboxylic acids is 1. The summed E-state index contributed by atoms with van der Waals surface area (Å²) in [6.07, 6.45) is 6.28. The van der Waals surface area contributed by atoms with Crippen molar-refractivity contribution in [1.29, 1.82) is 0 Å². The highest BCUT2D eigenvalue weighted by Gasteiger charge is 2.28. The van der Waals surface area contributed by atoms with Crippen LogP contribution in [-0.4, -0.2) is 49.1 Å². The van der Waals surface area contributed by atoms with Crippen LogP contribution >= 0.6 is 0 Å². The van der Waals surface area contributed by atoms with Gasteiger partial charge >= 0.3 is 11.8 Å². The Bertz CT molecular complexity index is 658. The van der Waals surface area contributed by atoms with Crippen LogP contribution in [0.15, 0.2) is 16.8 Å². The van der Waals surface area contributed by atoms with Crippen molar-refractivity contribution in [3.05, 3.63) is 24.2 Å². The minimum Gasteiger partial charge on any atom is -0.416 e. The first-order valence-electron chi connectivity index (χ1n) is 7.94. The van der Waals surface area contributed by atoms with Gasteiger partial charge in [-0.1, -0.05) is 26.0 Å². The molecule has 1 saturated heterocycles. The third-order valence-electron chi connectivity index (χ3n) is 4.05. The Kier molecular flexibility index (Phi) is 4.14. The fourth-order valence-corrected chi connectivity index (χ4v) is 2.71. The smallest absolute Gasteiger partial charge is 0.311 e. The minimum absolute atomic E-state index is 0.0779. The van der Waals surface area contributed by atoms with Gasteiger partial charge in [-0.25, -0.2) is 4.68 Å². The first-order chi connectivity index (χ1) is 10.9. The van der Waals surface area contributed by atoms with E-state index in [2.05, 4.69) is 20.5 Å². The fraction of sp³-hybridized carbons (Fsp3) is 0.667. The molecule has 3 heterocycles. The van der Waals surface area contributed by atoms with Gasteiger partial charge in [-0.2, -0.15) is 0 Å². The van der Waals surface area contributed by atoms with Crippen molar-refractivity contribution in [1.82, 2.24) is 30.1 Å². The van der Waals surface area contributed by atoms with Gasteiger partial charge in [0, 0.05) is 24.7 Å². The van der Waals surface area contributed by atoms with Gasteiger partial charge in [0.1, 0.15) is 0 Å². The second-order valence-corrected chi connectivity index (χ2v) is 6.92. The van der Waals surface area contributed by atoms with Crippen molar-refractivity contribution in [3.63, 3.8) is 0 Å². The van der Waals surface area contributed by atoms with Gasteiger partial charge in [0.15, 0.2) is 0 Å². The van der Waals surface area contributed by atoms with E-state index in [9.17, 15) is 4.79 Å².